The van der Waals surface area contributed by atoms with Gasteiger partial charge in [-0.3, -0.25) is 0 Å². The molecule has 0 aliphatic carbocycles. The second-order valence-electron chi connectivity index (χ2n) is 8.48. The van der Waals surface area contributed by atoms with E-state index in [1.54, 1.807) is 50.6 Å². The van der Waals surface area contributed by atoms with Crippen LogP contribution < -0.4 is 18.9 Å². The van der Waals surface area contributed by atoms with Crippen LogP contribution in [0.5, 0.6) is 23.0 Å². The molecule has 4 rings (SSSR count). The molecule has 1 N–H and O–H groups in total. The summed E-state index contributed by atoms with van der Waals surface area (Å²) in [5.74, 6) is 1.06. The Balaban J connectivity index is 1.64. The molecule has 0 amide bonds. The number of methoxy groups -OCH3 is 3. The van der Waals surface area contributed by atoms with Crippen molar-refractivity contribution in [1.82, 2.24) is 14.8 Å². The number of carboxylic acids is 1. The van der Waals surface area contributed by atoms with Crippen molar-refractivity contribution in [2.24, 2.45) is 0 Å². The van der Waals surface area contributed by atoms with Gasteiger partial charge in [-0.05, 0) is 83.2 Å². The van der Waals surface area contributed by atoms with E-state index in [4.69, 9.17) is 18.9 Å². The van der Waals surface area contributed by atoms with E-state index in [0.717, 1.165) is 11.8 Å². The molecule has 4 aromatic rings. The number of ether oxygens (including phenoxy) is 4. The molecule has 0 aliphatic heterocycles. The Morgan fingerprint density at radius 1 is 1.05 bits per heavy atom. The Morgan fingerprint density at radius 3 is 2.37 bits per heavy atom. The highest BCUT2D eigenvalue weighted by Gasteiger charge is 2.20. The van der Waals surface area contributed by atoms with E-state index in [2.05, 4.69) is 32.8 Å². The third kappa shape index (κ3) is 7.11. The molecule has 41 heavy (non-hydrogen) atoms. The first-order valence-corrected chi connectivity index (χ1v) is 14.2. The molecule has 0 atom stereocenters. The highest BCUT2D eigenvalue weighted by molar-refractivity contribution is 14.1. The lowest BCUT2D eigenvalue weighted by atomic mass is 10.2. The molecule has 0 fully saturated rings. The van der Waals surface area contributed by atoms with Crippen LogP contribution in [0.2, 0.25) is 0 Å². The second kappa shape index (κ2) is 13.7. The number of aliphatic carboxylic acids is 1. The first-order chi connectivity index (χ1) is 19.8. The number of carboxylic acid groups (broad SMARTS) is 1. The van der Waals surface area contributed by atoms with Crippen molar-refractivity contribution in [2.75, 3.05) is 21.3 Å². The van der Waals surface area contributed by atoms with Crippen LogP contribution in [0.15, 0.2) is 64.7 Å². The average Bonchev–Trinajstić information content (AvgIpc) is 3.38. The van der Waals surface area contributed by atoms with Gasteiger partial charge in [-0.25, -0.2) is 9.18 Å². The fourth-order valence-electron chi connectivity index (χ4n) is 3.91. The summed E-state index contributed by atoms with van der Waals surface area (Å²) < 4.78 is 38.7. The number of nitrogens with zero attached hydrogens (tertiary/aromatic N) is 3. The van der Waals surface area contributed by atoms with Crippen LogP contribution >= 0.6 is 34.4 Å². The monoisotopic (exact) mass is 691 g/mol. The Morgan fingerprint density at radius 2 is 1.76 bits per heavy atom. The van der Waals surface area contributed by atoms with E-state index in [9.17, 15) is 14.3 Å². The van der Waals surface area contributed by atoms with Crippen LogP contribution in [-0.4, -0.2) is 47.2 Å². The molecular weight excluding hydrogens is 664 g/mol. The van der Waals surface area contributed by atoms with Gasteiger partial charge in [0.2, 0.25) is 0 Å². The highest BCUT2D eigenvalue weighted by Crippen LogP contribution is 2.37. The predicted molar refractivity (Wildman–Crippen MR) is 162 cm³/mol. The lowest BCUT2D eigenvalue weighted by molar-refractivity contribution is -0.131. The molecule has 0 radical (unpaired) electrons. The van der Waals surface area contributed by atoms with Gasteiger partial charge in [0.05, 0.1) is 24.9 Å². The predicted octanol–water partition coefficient (Wildman–Crippen LogP) is 6.53. The smallest absolute Gasteiger partial charge is 0.342 e. The summed E-state index contributed by atoms with van der Waals surface area (Å²) >= 11 is 3.06. The van der Waals surface area contributed by atoms with E-state index in [-0.39, 0.29) is 17.3 Å². The fraction of sp³-hybridized carbons (Fsp3) is 0.207. The molecule has 0 aliphatic rings. The number of thioether (sulfide) groups is 1. The third-order valence-corrected chi connectivity index (χ3v) is 7.73. The van der Waals surface area contributed by atoms with Gasteiger partial charge in [0.1, 0.15) is 28.8 Å². The van der Waals surface area contributed by atoms with E-state index in [0.29, 0.717) is 60.8 Å². The summed E-state index contributed by atoms with van der Waals surface area (Å²) in [6.45, 7) is 2.43. The summed E-state index contributed by atoms with van der Waals surface area (Å²) in [5, 5.41) is 19.0. The normalized spacial score (nSPS) is 11.3. The van der Waals surface area contributed by atoms with Gasteiger partial charge in [0, 0.05) is 23.7 Å². The van der Waals surface area contributed by atoms with Crippen LogP contribution in [0.25, 0.3) is 17.5 Å². The van der Waals surface area contributed by atoms with Crippen molar-refractivity contribution >= 4 is 46.4 Å². The molecule has 1 aromatic heterocycles. The summed E-state index contributed by atoms with van der Waals surface area (Å²) in [5.41, 5.74) is 1.70. The summed E-state index contributed by atoms with van der Waals surface area (Å²) in [7, 11) is 4.61. The molecule has 9 nitrogen and oxygen atoms in total. The Labute approximate surface area is 254 Å². The first kappa shape index (κ1) is 30.2. The van der Waals surface area contributed by atoms with Crippen LogP contribution in [0.4, 0.5) is 4.39 Å². The third-order valence-electron chi connectivity index (χ3n) is 5.93. The van der Waals surface area contributed by atoms with Crippen molar-refractivity contribution in [3.63, 3.8) is 0 Å². The van der Waals surface area contributed by atoms with E-state index in [1.807, 2.05) is 23.6 Å². The second-order valence-corrected chi connectivity index (χ2v) is 10.7. The molecule has 1 heterocycles. The van der Waals surface area contributed by atoms with E-state index < -0.39 is 5.97 Å². The Kier molecular flexibility index (Phi) is 10.1. The maximum absolute atomic E-state index is 14.1. The number of aromatic nitrogens is 3. The van der Waals surface area contributed by atoms with Gasteiger partial charge in [-0.2, -0.15) is 0 Å². The topological polar surface area (TPSA) is 105 Å². The van der Waals surface area contributed by atoms with Crippen molar-refractivity contribution in [3.8, 4) is 34.4 Å². The zero-order valence-corrected chi connectivity index (χ0v) is 25.7. The van der Waals surface area contributed by atoms with Gasteiger partial charge < -0.3 is 28.6 Å². The largest absolute Gasteiger partial charge is 0.497 e. The molecule has 3 aromatic carbocycles. The molecule has 214 valence electrons. The number of benzene rings is 3. The Bertz CT molecular complexity index is 1570. The first-order valence-electron chi connectivity index (χ1n) is 12.3. The molecule has 0 bridgehead atoms. The number of halogens is 2. The van der Waals surface area contributed by atoms with Crippen molar-refractivity contribution < 1.29 is 33.2 Å². The average molecular weight is 692 g/mol. The molecular formula is C29H27FIN3O6S. The summed E-state index contributed by atoms with van der Waals surface area (Å²) in [6.07, 6.45) is 1.53. The molecule has 0 saturated heterocycles. The van der Waals surface area contributed by atoms with Gasteiger partial charge in [0.15, 0.2) is 22.5 Å². The Hall–Kier alpha value is -3.78. The standard InChI is InChI=1S/C29H27FIN3O6S/c1-5-34-27(19-13-20(37-2)15-21(14-19)38-3)32-33-29(34)41-25(28(35)36)12-17-10-23(31)26(24(11-17)39-4)40-16-18-8-6-7-9-22(18)30/h6-15H,5,16H2,1-4H3,(H,35,36)/b25-12-. The van der Waals surface area contributed by atoms with Gasteiger partial charge in [0.25, 0.3) is 0 Å². The van der Waals surface area contributed by atoms with E-state index >= 15 is 0 Å². The number of rotatable bonds is 12. The van der Waals surface area contributed by atoms with Gasteiger partial charge >= 0.3 is 5.97 Å². The lowest BCUT2D eigenvalue weighted by Gasteiger charge is -2.14. The minimum atomic E-state index is -1.13. The van der Waals surface area contributed by atoms with Crippen molar-refractivity contribution in [3.05, 3.63) is 80.0 Å². The zero-order valence-electron chi connectivity index (χ0n) is 22.7. The minimum Gasteiger partial charge on any atom is -0.497 e. The van der Waals surface area contributed by atoms with Crippen molar-refractivity contribution in [2.45, 2.75) is 25.2 Å². The van der Waals surface area contributed by atoms with Crippen molar-refractivity contribution in [1.29, 1.82) is 0 Å². The molecule has 12 heteroatoms. The molecule has 0 unspecified atom stereocenters. The highest BCUT2D eigenvalue weighted by atomic mass is 127. The van der Waals surface area contributed by atoms with Crippen LogP contribution in [0.3, 0.4) is 0 Å². The fourth-order valence-corrected chi connectivity index (χ4v) is 5.58. The van der Waals surface area contributed by atoms with Crippen LogP contribution in [0.1, 0.15) is 18.1 Å². The lowest BCUT2D eigenvalue weighted by Crippen LogP contribution is -2.03. The number of hydrogen-bond acceptors (Lipinski definition) is 8. The van der Waals surface area contributed by atoms with Gasteiger partial charge in [-0.15, -0.1) is 10.2 Å². The molecule has 0 saturated carbocycles. The number of carbonyl (C=O) groups is 1. The molecule has 0 spiro atoms. The minimum absolute atomic E-state index is 0.0125. The maximum Gasteiger partial charge on any atom is 0.342 e. The summed E-state index contributed by atoms with van der Waals surface area (Å²) in [6, 6.07) is 15.2. The quantitative estimate of drug-likeness (QED) is 0.101. The zero-order chi connectivity index (χ0) is 29.5. The van der Waals surface area contributed by atoms with Gasteiger partial charge in [-0.1, -0.05) is 18.2 Å². The number of hydrogen-bond donors (Lipinski definition) is 1. The maximum atomic E-state index is 14.1. The van der Waals surface area contributed by atoms with Crippen LogP contribution in [0, 0.1) is 9.39 Å². The SMILES string of the molecule is CCn1c(S/C(=C\c2cc(I)c(OCc3ccccc3F)c(OC)c2)C(=O)O)nnc1-c1cc(OC)cc(OC)c1. The van der Waals surface area contributed by atoms with E-state index in [1.165, 1.54) is 19.3 Å². The summed E-state index contributed by atoms with van der Waals surface area (Å²) in [4.78, 5) is 12.3. The van der Waals surface area contributed by atoms with Crippen LogP contribution in [-0.2, 0) is 17.9 Å².